The number of carbonyl (C=O) groups excluding carboxylic acids is 1. The number of thiophene rings is 1. The third kappa shape index (κ3) is 5.91. The molecule has 3 rings (SSSR count). The molecule has 0 aliphatic carbocycles. The van der Waals surface area contributed by atoms with Crippen LogP contribution in [0.3, 0.4) is 0 Å². The van der Waals surface area contributed by atoms with Gasteiger partial charge in [-0.05, 0) is 30.7 Å². The summed E-state index contributed by atoms with van der Waals surface area (Å²) in [6, 6.07) is 4.79. The van der Waals surface area contributed by atoms with Gasteiger partial charge in [-0.2, -0.15) is 13.2 Å². The molecule has 0 bridgehead atoms. The van der Waals surface area contributed by atoms with Crippen molar-refractivity contribution in [3.63, 3.8) is 0 Å². The molecule has 1 aromatic heterocycles. The summed E-state index contributed by atoms with van der Waals surface area (Å²) in [4.78, 5) is 26.5. The van der Waals surface area contributed by atoms with Crippen molar-refractivity contribution in [1.29, 1.82) is 0 Å². The van der Waals surface area contributed by atoms with Gasteiger partial charge in [0.1, 0.15) is 6.10 Å². The lowest BCUT2D eigenvalue weighted by molar-refractivity contribution is -0.192. The normalized spacial score (nSPS) is 25.3. The van der Waals surface area contributed by atoms with Crippen LogP contribution in [0, 0.1) is 0 Å². The van der Waals surface area contributed by atoms with Gasteiger partial charge in [0.2, 0.25) is 0 Å². The number of halogens is 3. The van der Waals surface area contributed by atoms with E-state index in [2.05, 4.69) is 22.4 Å². The van der Waals surface area contributed by atoms with Crippen LogP contribution in [0.2, 0.25) is 0 Å². The van der Waals surface area contributed by atoms with E-state index in [1.165, 1.54) is 4.88 Å². The SMILES string of the molecule is CN(C)C(=O)[C@@H]1CC[C@@H]2[C@@H](CCN2Cc2cccs2)O1.O=C(O)C(F)(F)F. The van der Waals surface area contributed by atoms with Crippen molar-refractivity contribution in [2.45, 2.75) is 50.2 Å². The van der Waals surface area contributed by atoms with Gasteiger partial charge in [0.05, 0.1) is 6.10 Å². The fraction of sp³-hybridized carbons (Fsp3) is 0.647. The molecule has 3 heterocycles. The molecule has 10 heteroatoms. The van der Waals surface area contributed by atoms with Crippen molar-refractivity contribution in [3.8, 4) is 0 Å². The van der Waals surface area contributed by atoms with Crippen molar-refractivity contribution in [2.24, 2.45) is 0 Å². The lowest BCUT2D eigenvalue weighted by Gasteiger charge is -2.36. The van der Waals surface area contributed by atoms with Gasteiger partial charge in [0.15, 0.2) is 0 Å². The number of carboxylic acids is 1. The Morgan fingerprint density at radius 3 is 2.52 bits per heavy atom. The minimum Gasteiger partial charge on any atom is -0.475 e. The molecule has 1 aromatic rings. The number of carbonyl (C=O) groups is 2. The number of likely N-dealkylation sites (N-methyl/N-ethyl adjacent to an activating group) is 1. The molecule has 2 fully saturated rings. The number of carboxylic acid groups (broad SMARTS) is 1. The van der Waals surface area contributed by atoms with E-state index in [9.17, 15) is 18.0 Å². The fourth-order valence-electron chi connectivity index (χ4n) is 3.28. The van der Waals surface area contributed by atoms with Gasteiger partial charge < -0.3 is 14.7 Å². The van der Waals surface area contributed by atoms with E-state index >= 15 is 0 Å². The molecule has 152 valence electrons. The summed E-state index contributed by atoms with van der Waals surface area (Å²) in [6.07, 6.45) is -2.11. The lowest BCUT2D eigenvalue weighted by atomic mass is 9.98. The molecule has 0 radical (unpaired) electrons. The third-order valence-corrected chi connectivity index (χ3v) is 5.42. The Labute approximate surface area is 159 Å². The van der Waals surface area contributed by atoms with Crippen molar-refractivity contribution >= 4 is 23.2 Å². The number of likely N-dealkylation sites (tertiary alicyclic amines) is 1. The van der Waals surface area contributed by atoms with Crippen LogP contribution in [0.5, 0.6) is 0 Å². The number of hydrogen-bond acceptors (Lipinski definition) is 5. The second kappa shape index (κ2) is 9.03. The van der Waals surface area contributed by atoms with E-state index in [1.807, 2.05) is 11.3 Å². The maximum absolute atomic E-state index is 12.0. The van der Waals surface area contributed by atoms with E-state index in [-0.39, 0.29) is 18.1 Å². The second-order valence-electron chi connectivity index (χ2n) is 6.68. The van der Waals surface area contributed by atoms with Crippen LogP contribution in [0.1, 0.15) is 24.1 Å². The molecule has 2 aliphatic rings. The lowest BCUT2D eigenvalue weighted by Crippen LogP contribution is -2.47. The number of alkyl halides is 3. The van der Waals surface area contributed by atoms with Gasteiger partial charge >= 0.3 is 12.1 Å². The molecule has 6 nitrogen and oxygen atoms in total. The summed E-state index contributed by atoms with van der Waals surface area (Å²) in [7, 11) is 3.60. The summed E-state index contributed by atoms with van der Waals surface area (Å²) in [5.74, 6) is -2.65. The average molecular weight is 408 g/mol. The quantitative estimate of drug-likeness (QED) is 0.833. The third-order valence-electron chi connectivity index (χ3n) is 4.56. The van der Waals surface area contributed by atoms with Crippen LogP contribution in [0.15, 0.2) is 17.5 Å². The van der Waals surface area contributed by atoms with Crippen molar-refractivity contribution in [2.75, 3.05) is 20.6 Å². The molecular formula is C17H23F3N2O4S. The minimum absolute atomic E-state index is 0.111. The maximum atomic E-state index is 12.0. The summed E-state index contributed by atoms with van der Waals surface area (Å²) in [6.45, 7) is 2.10. The Morgan fingerprint density at radius 1 is 1.33 bits per heavy atom. The first-order valence-corrected chi connectivity index (χ1v) is 9.40. The molecule has 2 saturated heterocycles. The predicted octanol–water partition coefficient (Wildman–Crippen LogP) is 2.59. The highest BCUT2D eigenvalue weighted by molar-refractivity contribution is 7.09. The highest BCUT2D eigenvalue weighted by atomic mass is 32.1. The summed E-state index contributed by atoms with van der Waals surface area (Å²) >= 11 is 1.82. The van der Waals surface area contributed by atoms with E-state index in [0.29, 0.717) is 6.04 Å². The van der Waals surface area contributed by atoms with E-state index < -0.39 is 12.1 Å². The van der Waals surface area contributed by atoms with Gasteiger partial charge in [-0.3, -0.25) is 9.69 Å². The number of aliphatic carboxylic acids is 1. The highest BCUT2D eigenvalue weighted by Gasteiger charge is 2.42. The maximum Gasteiger partial charge on any atom is 0.490 e. The minimum atomic E-state index is -5.08. The molecule has 1 N–H and O–H groups in total. The Hall–Kier alpha value is -1.65. The highest BCUT2D eigenvalue weighted by Crippen LogP contribution is 2.33. The molecule has 0 unspecified atom stereocenters. The second-order valence-corrected chi connectivity index (χ2v) is 7.71. The predicted molar refractivity (Wildman–Crippen MR) is 93.4 cm³/mol. The van der Waals surface area contributed by atoms with Crippen LogP contribution in [-0.4, -0.2) is 71.8 Å². The monoisotopic (exact) mass is 408 g/mol. The number of nitrogens with zero attached hydrogens (tertiary/aromatic N) is 2. The first-order valence-electron chi connectivity index (χ1n) is 8.52. The van der Waals surface area contributed by atoms with Crippen LogP contribution < -0.4 is 0 Å². The fourth-order valence-corrected chi connectivity index (χ4v) is 4.01. The number of amides is 1. The first-order chi connectivity index (χ1) is 12.6. The number of rotatable bonds is 3. The molecule has 2 aliphatic heterocycles. The Morgan fingerprint density at radius 2 is 2.00 bits per heavy atom. The number of hydrogen-bond donors (Lipinski definition) is 1. The van der Waals surface area contributed by atoms with Crippen LogP contribution in [-0.2, 0) is 20.9 Å². The van der Waals surface area contributed by atoms with Crippen molar-refractivity contribution < 1.29 is 32.6 Å². The van der Waals surface area contributed by atoms with E-state index in [0.717, 1.165) is 32.4 Å². The van der Waals surface area contributed by atoms with Gasteiger partial charge in [-0.25, -0.2) is 4.79 Å². The zero-order valence-electron chi connectivity index (χ0n) is 15.1. The van der Waals surface area contributed by atoms with Crippen molar-refractivity contribution in [1.82, 2.24) is 9.80 Å². The zero-order valence-corrected chi connectivity index (χ0v) is 15.9. The van der Waals surface area contributed by atoms with Gasteiger partial charge in [0.25, 0.3) is 5.91 Å². The summed E-state index contributed by atoms with van der Waals surface area (Å²) in [5, 5.41) is 9.26. The largest absolute Gasteiger partial charge is 0.490 e. The van der Waals surface area contributed by atoms with Crippen molar-refractivity contribution in [3.05, 3.63) is 22.4 Å². The summed E-state index contributed by atoms with van der Waals surface area (Å²) in [5.41, 5.74) is 0. The van der Waals surface area contributed by atoms with Crippen LogP contribution >= 0.6 is 11.3 Å². The molecule has 1 amide bonds. The number of fused-ring (bicyclic) bond motifs is 1. The first kappa shape index (κ1) is 21.6. The summed E-state index contributed by atoms with van der Waals surface area (Å²) < 4.78 is 37.8. The van der Waals surface area contributed by atoms with Crippen LogP contribution in [0.4, 0.5) is 13.2 Å². The van der Waals surface area contributed by atoms with Gasteiger partial charge in [-0.15, -0.1) is 11.3 Å². The average Bonchev–Trinajstić information content (AvgIpc) is 3.24. The Kier molecular flexibility index (Phi) is 7.24. The smallest absolute Gasteiger partial charge is 0.475 e. The molecule has 0 saturated carbocycles. The Bertz CT molecular complexity index is 637. The molecule has 27 heavy (non-hydrogen) atoms. The molecule has 0 aromatic carbocycles. The van der Waals surface area contributed by atoms with Gasteiger partial charge in [-0.1, -0.05) is 6.07 Å². The van der Waals surface area contributed by atoms with E-state index in [1.54, 1.807) is 19.0 Å². The topological polar surface area (TPSA) is 70.1 Å². The van der Waals surface area contributed by atoms with Crippen LogP contribution in [0.25, 0.3) is 0 Å². The Balaban J connectivity index is 0.000000321. The van der Waals surface area contributed by atoms with E-state index in [4.69, 9.17) is 14.6 Å². The van der Waals surface area contributed by atoms with Gasteiger partial charge in [0, 0.05) is 38.1 Å². The molecule has 0 spiro atoms. The standard InChI is InChI=1S/C15H22N2O2S.C2HF3O2/c1-16(2)15(18)14-6-5-12-13(19-14)7-8-17(12)10-11-4-3-9-20-11;3-2(4,5)1(6)7/h3-4,9,12-14H,5-8,10H2,1-2H3;(H,6,7)/t12-,13-,14+;/m1./s1. The zero-order chi connectivity index (χ0) is 20.2. The molecular weight excluding hydrogens is 385 g/mol. The number of ether oxygens (including phenoxy) is 1. The molecule has 3 atom stereocenters.